The maximum atomic E-state index is 5.20. The van der Waals surface area contributed by atoms with Gasteiger partial charge in [-0.05, 0) is 6.92 Å². The van der Waals surface area contributed by atoms with Gasteiger partial charge < -0.3 is 10.5 Å². The van der Waals surface area contributed by atoms with E-state index in [2.05, 4.69) is 0 Å². The Bertz CT molecular complexity index is 53.5. The Kier molecular flexibility index (Phi) is 0.821. The summed E-state index contributed by atoms with van der Waals surface area (Å²) in [5.74, 6) is 0. The molecule has 2 nitrogen and oxygen atoms in total. The lowest BCUT2D eigenvalue weighted by Crippen LogP contribution is -2.07. The number of rotatable bonds is 1. The zero-order valence-corrected chi connectivity index (χ0v) is 3.85. The van der Waals surface area contributed by atoms with Crippen molar-refractivity contribution < 1.29 is 4.74 Å². The maximum Gasteiger partial charge on any atom is 0.0960 e. The summed E-state index contributed by atoms with van der Waals surface area (Å²) in [6, 6.07) is 0. The van der Waals surface area contributed by atoms with Crippen LogP contribution in [0.1, 0.15) is 6.92 Å². The first-order valence-corrected chi connectivity index (χ1v) is 2.20. The fourth-order valence-corrected chi connectivity index (χ4v) is 0.478. The zero-order valence-electron chi connectivity index (χ0n) is 3.85. The molecule has 1 saturated heterocycles. The minimum atomic E-state index is 0.380. The van der Waals surface area contributed by atoms with Crippen molar-refractivity contribution in [3.63, 3.8) is 0 Å². The Morgan fingerprint density at radius 2 is 2.33 bits per heavy atom. The second-order valence-electron chi connectivity index (χ2n) is 1.62. The Labute approximate surface area is 37.3 Å². The van der Waals surface area contributed by atoms with Crippen molar-refractivity contribution in [2.24, 2.45) is 5.73 Å². The van der Waals surface area contributed by atoms with Gasteiger partial charge in [-0.25, -0.2) is 0 Å². The first-order chi connectivity index (χ1) is 2.84. The van der Waals surface area contributed by atoms with Gasteiger partial charge in [-0.15, -0.1) is 0 Å². The lowest BCUT2D eigenvalue weighted by atomic mass is 10.3. The summed E-state index contributed by atoms with van der Waals surface area (Å²) in [7, 11) is 0. The summed E-state index contributed by atoms with van der Waals surface area (Å²) in [6.45, 7) is 2.71. The first kappa shape index (κ1) is 4.09. The Balaban J connectivity index is 2.09. The van der Waals surface area contributed by atoms with E-state index in [1.165, 1.54) is 0 Å². The molecular weight excluding hydrogens is 78.0 g/mol. The fourth-order valence-electron chi connectivity index (χ4n) is 0.478. The number of ether oxygens (including phenoxy) is 1. The van der Waals surface area contributed by atoms with E-state index in [1.807, 2.05) is 6.92 Å². The molecule has 0 aliphatic carbocycles. The molecule has 36 valence electrons. The van der Waals surface area contributed by atoms with Gasteiger partial charge in [0.2, 0.25) is 0 Å². The standard InChI is InChI=1S/C4H9NO/c1-3-4(2-5)6-3/h3-4H,2,5H2,1H3/t3-,4-/m1/s1. The highest BCUT2D eigenvalue weighted by molar-refractivity contribution is 4.80. The predicted octanol–water partition coefficient (Wildman–Crippen LogP) is -0.268. The number of epoxide rings is 1. The SMILES string of the molecule is C[C@H]1O[C@@H]1CN. The quantitative estimate of drug-likeness (QED) is 0.447. The lowest BCUT2D eigenvalue weighted by molar-refractivity contribution is 0.381. The summed E-state index contributed by atoms with van der Waals surface area (Å²) in [6.07, 6.45) is 0.819. The van der Waals surface area contributed by atoms with Crippen LogP contribution in [0.5, 0.6) is 0 Å². The average molecular weight is 87.1 g/mol. The fraction of sp³-hybridized carbons (Fsp3) is 1.00. The van der Waals surface area contributed by atoms with Crippen LogP contribution in [0.2, 0.25) is 0 Å². The molecule has 0 radical (unpaired) electrons. The van der Waals surface area contributed by atoms with Crippen molar-refractivity contribution in [3.05, 3.63) is 0 Å². The van der Waals surface area contributed by atoms with E-state index in [0.29, 0.717) is 18.8 Å². The summed E-state index contributed by atoms with van der Waals surface area (Å²) >= 11 is 0. The second-order valence-corrected chi connectivity index (χ2v) is 1.62. The second kappa shape index (κ2) is 1.21. The molecular formula is C4H9NO. The highest BCUT2D eigenvalue weighted by Crippen LogP contribution is 2.18. The van der Waals surface area contributed by atoms with Crippen molar-refractivity contribution in [3.8, 4) is 0 Å². The largest absolute Gasteiger partial charge is 0.369 e. The van der Waals surface area contributed by atoms with Gasteiger partial charge in [0, 0.05) is 6.54 Å². The van der Waals surface area contributed by atoms with Gasteiger partial charge in [-0.3, -0.25) is 0 Å². The van der Waals surface area contributed by atoms with Crippen LogP contribution in [0.15, 0.2) is 0 Å². The summed E-state index contributed by atoms with van der Waals surface area (Å²) in [5, 5.41) is 0. The minimum absolute atomic E-state index is 0.380. The van der Waals surface area contributed by atoms with E-state index >= 15 is 0 Å². The van der Waals surface area contributed by atoms with Crippen molar-refractivity contribution in [1.82, 2.24) is 0 Å². The molecule has 1 fully saturated rings. The predicted molar refractivity (Wildman–Crippen MR) is 23.4 cm³/mol. The molecule has 6 heavy (non-hydrogen) atoms. The van der Waals surface area contributed by atoms with E-state index in [4.69, 9.17) is 10.5 Å². The summed E-state index contributed by atoms with van der Waals surface area (Å²) in [5.41, 5.74) is 5.20. The number of nitrogens with two attached hydrogens (primary N) is 1. The zero-order chi connectivity index (χ0) is 4.57. The van der Waals surface area contributed by atoms with Gasteiger partial charge in [0.15, 0.2) is 0 Å². The van der Waals surface area contributed by atoms with Crippen LogP contribution in [0.3, 0.4) is 0 Å². The molecule has 0 aromatic rings. The molecule has 0 aromatic carbocycles. The first-order valence-electron chi connectivity index (χ1n) is 2.20. The summed E-state index contributed by atoms with van der Waals surface area (Å²) < 4.78 is 4.94. The van der Waals surface area contributed by atoms with Crippen molar-refractivity contribution in [1.29, 1.82) is 0 Å². The third-order valence-electron chi connectivity index (χ3n) is 1.07. The van der Waals surface area contributed by atoms with Crippen molar-refractivity contribution in [2.75, 3.05) is 6.54 Å². The Hall–Kier alpha value is -0.0800. The monoisotopic (exact) mass is 87.1 g/mol. The Morgan fingerprint density at radius 1 is 1.83 bits per heavy atom. The van der Waals surface area contributed by atoms with Gasteiger partial charge in [0.05, 0.1) is 12.2 Å². The maximum absolute atomic E-state index is 5.20. The van der Waals surface area contributed by atoms with Gasteiger partial charge in [-0.1, -0.05) is 0 Å². The van der Waals surface area contributed by atoms with Crippen molar-refractivity contribution in [2.45, 2.75) is 19.1 Å². The van der Waals surface area contributed by atoms with Gasteiger partial charge >= 0.3 is 0 Å². The van der Waals surface area contributed by atoms with Crippen LogP contribution in [0.25, 0.3) is 0 Å². The number of hydrogen-bond donors (Lipinski definition) is 1. The van der Waals surface area contributed by atoms with E-state index in [-0.39, 0.29) is 0 Å². The van der Waals surface area contributed by atoms with E-state index in [0.717, 1.165) is 0 Å². The molecule has 1 aliphatic rings. The molecule has 0 spiro atoms. The molecule has 2 heteroatoms. The van der Waals surface area contributed by atoms with E-state index < -0.39 is 0 Å². The van der Waals surface area contributed by atoms with Gasteiger partial charge in [-0.2, -0.15) is 0 Å². The van der Waals surface area contributed by atoms with E-state index in [1.54, 1.807) is 0 Å². The molecule has 1 rings (SSSR count). The van der Waals surface area contributed by atoms with Crippen LogP contribution in [-0.4, -0.2) is 18.8 Å². The molecule has 0 saturated carbocycles. The van der Waals surface area contributed by atoms with E-state index in [9.17, 15) is 0 Å². The Morgan fingerprint density at radius 3 is 2.33 bits per heavy atom. The van der Waals surface area contributed by atoms with Crippen molar-refractivity contribution >= 4 is 0 Å². The van der Waals surface area contributed by atoms with Crippen LogP contribution >= 0.6 is 0 Å². The van der Waals surface area contributed by atoms with Gasteiger partial charge in [0.25, 0.3) is 0 Å². The molecule has 0 unspecified atom stereocenters. The third kappa shape index (κ3) is 0.533. The normalized spacial score (nSPS) is 43.0. The van der Waals surface area contributed by atoms with Gasteiger partial charge in [0.1, 0.15) is 0 Å². The highest BCUT2D eigenvalue weighted by Gasteiger charge is 2.31. The molecule has 0 amide bonds. The molecule has 1 heterocycles. The minimum Gasteiger partial charge on any atom is -0.369 e. The third-order valence-corrected chi connectivity index (χ3v) is 1.07. The topological polar surface area (TPSA) is 38.5 Å². The van der Waals surface area contributed by atoms with Crippen LogP contribution in [0.4, 0.5) is 0 Å². The molecule has 2 N–H and O–H groups in total. The average Bonchev–Trinajstić information content (AvgIpc) is 2.19. The molecule has 0 aromatic heterocycles. The highest BCUT2D eigenvalue weighted by atomic mass is 16.6. The molecule has 0 bridgehead atoms. The van der Waals surface area contributed by atoms with Crippen LogP contribution in [-0.2, 0) is 4.74 Å². The smallest absolute Gasteiger partial charge is 0.0960 e. The summed E-state index contributed by atoms with van der Waals surface area (Å²) in [4.78, 5) is 0. The number of hydrogen-bond acceptors (Lipinski definition) is 2. The van der Waals surface area contributed by atoms with Crippen LogP contribution in [0, 0.1) is 0 Å². The lowest BCUT2D eigenvalue weighted by Gasteiger charge is -1.73. The molecule has 2 atom stereocenters. The molecule has 1 aliphatic heterocycles. The van der Waals surface area contributed by atoms with Crippen LogP contribution < -0.4 is 5.73 Å².